The van der Waals surface area contributed by atoms with E-state index in [2.05, 4.69) is 34.6 Å². The van der Waals surface area contributed by atoms with E-state index < -0.39 is 0 Å². The van der Waals surface area contributed by atoms with Crippen molar-refractivity contribution in [2.24, 2.45) is 0 Å². The molecule has 1 aromatic carbocycles. The van der Waals surface area contributed by atoms with Crippen LogP contribution in [0.25, 0.3) is 0 Å². The topological polar surface area (TPSA) is 65.4 Å². The van der Waals surface area contributed by atoms with Crippen LogP contribution < -0.4 is 5.32 Å². The van der Waals surface area contributed by atoms with Crippen molar-refractivity contribution in [1.82, 2.24) is 10.3 Å². The predicted octanol–water partition coefficient (Wildman–Crippen LogP) is 1.42. The number of hydrogen-bond donors (Lipinski definition) is 3. The number of rotatable bonds is 6. The van der Waals surface area contributed by atoms with Crippen molar-refractivity contribution in [3.8, 4) is 0 Å². The maximum absolute atomic E-state index is 9.28. The summed E-state index contributed by atoms with van der Waals surface area (Å²) in [7, 11) is 0. The van der Waals surface area contributed by atoms with Gasteiger partial charge in [-0.25, -0.2) is 0 Å². The van der Waals surface area contributed by atoms with E-state index >= 15 is 0 Å². The number of aliphatic hydroxyl groups is 2. The third kappa shape index (κ3) is 3.63. The molecule has 3 N–H and O–H groups in total. The highest BCUT2D eigenvalue weighted by atomic mass is 16.3. The zero-order chi connectivity index (χ0) is 14.4. The second-order valence-corrected chi connectivity index (χ2v) is 4.85. The Labute approximate surface area is 119 Å². The molecular formula is C16H20N2O2. The molecule has 1 heterocycles. The molecule has 0 spiro atoms. The number of aryl methyl sites for hydroxylation is 1. The first kappa shape index (κ1) is 14.7. The summed E-state index contributed by atoms with van der Waals surface area (Å²) in [4.78, 5) is 4.03. The summed E-state index contributed by atoms with van der Waals surface area (Å²) in [5, 5.41) is 21.8. The molecule has 0 aliphatic carbocycles. The van der Waals surface area contributed by atoms with Crippen LogP contribution in [-0.2, 0) is 0 Å². The van der Waals surface area contributed by atoms with Crippen LogP contribution in [-0.4, -0.2) is 34.5 Å². The lowest BCUT2D eigenvalue weighted by Crippen LogP contribution is -2.38. The van der Waals surface area contributed by atoms with Gasteiger partial charge in [-0.15, -0.1) is 0 Å². The summed E-state index contributed by atoms with van der Waals surface area (Å²) >= 11 is 0. The number of nitrogens with one attached hydrogen (secondary N) is 1. The van der Waals surface area contributed by atoms with Gasteiger partial charge in [0.25, 0.3) is 0 Å². The molecule has 0 saturated carbocycles. The number of aromatic nitrogens is 1. The third-order valence-corrected chi connectivity index (χ3v) is 3.29. The van der Waals surface area contributed by atoms with Crippen molar-refractivity contribution < 1.29 is 10.2 Å². The second kappa shape index (κ2) is 7.14. The molecule has 0 aliphatic heterocycles. The molecule has 1 atom stereocenters. The fourth-order valence-corrected chi connectivity index (χ4v) is 2.10. The Bertz CT molecular complexity index is 510. The van der Waals surface area contributed by atoms with Crippen LogP contribution in [0.5, 0.6) is 0 Å². The van der Waals surface area contributed by atoms with Crippen molar-refractivity contribution in [3.63, 3.8) is 0 Å². The van der Waals surface area contributed by atoms with Gasteiger partial charge in [-0.2, -0.15) is 0 Å². The highest BCUT2D eigenvalue weighted by Crippen LogP contribution is 2.22. The Morgan fingerprint density at radius 1 is 0.950 bits per heavy atom. The standard InChI is InChI=1S/C16H20N2O2/c1-12-2-4-13(5-3-12)16(18-15(10-19)11-20)14-6-8-17-9-7-14/h2-9,15-16,18-20H,10-11H2,1H3. The molecule has 0 radical (unpaired) electrons. The minimum Gasteiger partial charge on any atom is -0.395 e. The molecule has 20 heavy (non-hydrogen) atoms. The van der Waals surface area contributed by atoms with E-state index in [4.69, 9.17) is 0 Å². The normalized spacial score (nSPS) is 12.6. The zero-order valence-corrected chi connectivity index (χ0v) is 11.5. The van der Waals surface area contributed by atoms with Crippen molar-refractivity contribution in [3.05, 3.63) is 65.5 Å². The molecule has 1 aromatic heterocycles. The van der Waals surface area contributed by atoms with Gasteiger partial charge in [0, 0.05) is 12.4 Å². The molecule has 0 amide bonds. The molecule has 0 saturated heterocycles. The van der Waals surface area contributed by atoms with Crippen LogP contribution in [0.4, 0.5) is 0 Å². The molecular weight excluding hydrogens is 252 g/mol. The quantitative estimate of drug-likeness (QED) is 0.744. The first-order chi connectivity index (χ1) is 9.74. The maximum Gasteiger partial charge on any atom is 0.0607 e. The molecule has 1 unspecified atom stereocenters. The molecule has 106 valence electrons. The Kier molecular flexibility index (Phi) is 5.24. The lowest BCUT2D eigenvalue weighted by atomic mass is 9.98. The van der Waals surface area contributed by atoms with Gasteiger partial charge in [0.15, 0.2) is 0 Å². The van der Waals surface area contributed by atoms with Gasteiger partial charge in [-0.3, -0.25) is 10.3 Å². The van der Waals surface area contributed by atoms with Crippen molar-refractivity contribution in [2.75, 3.05) is 13.2 Å². The molecule has 4 nitrogen and oxygen atoms in total. The monoisotopic (exact) mass is 272 g/mol. The van der Waals surface area contributed by atoms with Crippen LogP contribution >= 0.6 is 0 Å². The Balaban J connectivity index is 2.31. The molecule has 0 aliphatic rings. The number of aliphatic hydroxyl groups excluding tert-OH is 2. The number of hydrogen-bond acceptors (Lipinski definition) is 4. The van der Waals surface area contributed by atoms with E-state index in [-0.39, 0.29) is 25.3 Å². The highest BCUT2D eigenvalue weighted by Gasteiger charge is 2.17. The number of nitrogens with zero attached hydrogens (tertiary/aromatic N) is 1. The second-order valence-electron chi connectivity index (χ2n) is 4.85. The summed E-state index contributed by atoms with van der Waals surface area (Å²) in [5.41, 5.74) is 3.34. The summed E-state index contributed by atoms with van der Waals surface area (Å²) < 4.78 is 0. The van der Waals surface area contributed by atoms with Gasteiger partial charge in [-0.1, -0.05) is 29.8 Å². The third-order valence-electron chi connectivity index (χ3n) is 3.29. The van der Waals surface area contributed by atoms with Gasteiger partial charge in [0.2, 0.25) is 0 Å². The predicted molar refractivity (Wildman–Crippen MR) is 78.4 cm³/mol. The van der Waals surface area contributed by atoms with Crippen molar-refractivity contribution >= 4 is 0 Å². The van der Waals surface area contributed by atoms with E-state index in [1.165, 1.54) is 5.56 Å². The summed E-state index contributed by atoms with van der Waals surface area (Å²) in [6.07, 6.45) is 3.48. The maximum atomic E-state index is 9.28. The fourth-order valence-electron chi connectivity index (χ4n) is 2.10. The molecule has 4 heteroatoms. The first-order valence-corrected chi connectivity index (χ1v) is 6.69. The van der Waals surface area contributed by atoms with Crippen LogP contribution in [0, 0.1) is 6.92 Å². The zero-order valence-electron chi connectivity index (χ0n) is 11.5. The van der Waals surface area contributed by atoms with Crippen molar-refractivity contribution in [1.29, 1.82) is 0 Å². The smallest absolute Gasteiger partial charge is 0.0607 e. The Morgan fingerprint density at radius 3 is 2.05 bits per heavy atom. The van der Waals surface area contributed by atoms with Gasteiger partial charge in [-0.05, 0) is 30.2 Å². The van der Waals surface area contributed by atoms with Crippen molar-refractivity contribution in [2.45, 2.75) is 19.0 Å². The minimum atomic E-state index is -0.352. The Morgan fingerprint density at radius 2 is 1.50 bits per heavy atom. The average molecular weight is 272 g/mol. The number of benzene rings is 1. The lowest BCUT2D eigenvalue weighted by molar-refractivity contribution is 0.165. The average Bonchev–Trinajstić information content (AvgIpc) is 2.51. The van der Waals surface area contributed by atoms with Crippen LogP contribution in [0.15, 0.2) is 48.8 Å². The van der Waals surface area contributed by atoms with Crippen LogP contribution in [0.1, 0.15) is 22.7 Å². The summed E-state index contributed by atoms with van der Waals surface area (Å²) in [5.74, 6) is 0. The van der Waals surface area contributed by atoms with Crippen LogP contribution in [0.2, 0.25) is 0 Å². The summed E-state index contributed by atoms with van der Waals surface area (Å²) in [6.45, 7) is 1.83. The first-order valence-electron chi connectivity index (χ1n) is 6.69. The van der Waals surface area contributed by atoms with Gasteiger partial charge in [0.1, 0.15) is 0 Å². The van der Waals surface area contributed by atoms with E-state index in [1.54, 1.807) is 12.4 Å². The summed E-state index contributed by atoms with van der Waals surface area (Å²) in [6, 6.07) is 11.7. The van der Waals surface area contributed by atoms with Gasteiger partial charge < -0.3 is 10.2 Å². The van der Waals surface area contributed by atoms with E-state index in [9.17, 15) is 10.2 Å². The Hall–Kier alpha value is -1.75. The molecule has 2 rings (SSSR count). The molecule has 0 fully saturated rings. The van der Waals surface area contributed by atoms with E-state index in [1.807, 2.05) is 19.1 Å². The minimum absolute atomic E-state index is 0.0806. The lowest BCUT2D eigenvalue weighted by Gasteiger charge is -2.24. The van der Waals surface area contributed by atoms with E-state index in [0.717, 1.165) is 11.1 Å². The molecule has 0 bridgehead atoms. The highest BCUT2D eigenvalue weighted by molar-refractivity contribution is 5.32. The number of pyridine rings is 1. The SMILES string of the molecule is Cc1ccc(C(NC(CO)CO)c2ccncc2)cc1. The largest absolute Gasteiger partial charge is 0.395 e. The van der Waals surface area contributed by atoms with Gasteiger partial charge >= 0.3 is 0 Å². The fraction of sp³-hybridized carbons (Fsp3) is 0.312. The van der Waals surface area contributed by atoms with Crippen LogP contribution in [0.3, 0.4) is 0 Å². The molecule has 2 aromatic rings. The van der Waals surface area contributed by atoms with Gasteiger partial charge in [0.05, 0.1) is 25.3 Å². The van der Waals surface area contributed by atoms with E-state index in [0.29, 0.717) is 0 Å².